The molecule has 1 aliphatic heterocycles. The Hall–Kier alpha value is -0.500. The lowest BCUT2D eigenvalue weighted by Gasteiger charge is -2.27. The van der Waals surface area contributed by atoms with Gasteiger partial charge < -0.3 is 5.11 Å². The van der Waals surface area contributed by atoms with Gasteiger partial charge in [-0.3, -0.25) is 14.8 Å². The summed E-state index contributed by atoms with van der Waals surface area (Å²) >= 11 is 2.49. The lowest BCUT2D eigenvalue weighted by atomic mass is 9.99. The van der Waals surface area contributed by atoms with Gasteiger partial charge in [-0.05, 0) is 57.2 Å². The fraction of sp³-hybridized carbons (Fsp3) is 0.786. The number of hydrogen-bond acceptors (Lipinski definition) is 7. The number of carboxylic acids is 1. The second kappa shape index (κ2) is 8.25. The maximum absolute atomic E-state index is 13.3. The minimum atomic E-state index is -3.10. The lowest BCUT2D eigenvalue weighted by molar-refractivity contribution is -0.138. The van der Waals surface area contributed by atoms with Crippen LogP contribution in [0.3, 0.4) is 0 Å². The molecule has 1 fully saturated rings. The third-order valence-corrected chi connectivity index (χ3v) is 10.4. The molecule has 2 unspecified atom stereocenters. The molecule has 0 radical (unpaired) electrons. The van der Waals surface area contributed by atoms with E-state index >= 15 is 0 Å². The van der Waals surface area contributed by atoms with Gasteiger partial charge in [-0.1, -0.05) is 6.42 Å². The van der Waals surface area contributed by atoms with E-state index in [9.17, 15) is 14.5 Å². The van der Waals surface area contributed by atoms with Crippen LogP contribution >= 0.6 is 29.6 Å². The van der Waals surface area contributed by atoms with Crippen molar-refractivity contribution in [3.8, 4) is 0 Å². The van der Waals surface area contributed by atoms with Gasteiger partial charge in [0.2, 0.25) is 6.49 Å². The van der Waals surface area contributed by atoms with Gasteiger partial charge in [0.1, 0.15) is 11.3 Å². The van der Waals surface area contributed by atoms with Crippen molar-refractivity contribution in [2.75, 3.05) is 12.0 Å². The van der Waals surface area contributed by atoms with E-state index in [0.29, 0.717) is 10.9 Å². The Morgan fingerprint density at radius 1 is 1.46 bits per heavy atom. The van der Waals surface area contributed by atoms with Crippen LogP contribution < -0.4 is 10.5 Å². The number of rotatable bonds is 6. The zero-order valence-electron chi connectivity index (χ0n) is 14.2. The van der Waals surface area contributed by atoms with E-state index in [1.807, 2.05) is 6.26 Å². The van der Waals surface area contributed by atoms with Crippen molar-refractivity contribution in [3.05, 3.63) is 0 Å². The molecule has 7 nitrogen and oxygen atoms in total. The largest absolute Gasteiger partial charge is 0.480 e. The molecular formula is C14H25N4O3PS2. The summed E-state index contributed by atoms with van der Waals surface area (Å²) in [7, 11) is 0. The molecule has 2 atom stereocenters. The van der Waals surface area contributed by atoms with E-state index in [0.717, 1.165) is 42.8 Å². The average molecular weight is 392 g/mol. The first-order chi connectivity index (χ1) is 11.3. The summed E-state index contributed by atoms with van der Waals surface area (Å²) in [5.74, 6) is -0.652. The Labute approximate surface area is 151 Å². The van der Waals surface area contributed by atoms with Crippen LogP contribution in [0.1, 0.15) is 46.0 Å². The molecule has 1 saturated carbocycles. The van der Waals surface area contributed by atoms with Gasteiger partial charge in [0, 0.05) is 11.5 Å². The van der Waals surface area contributed by atoms with Crippen LogP contribution in [0.4, 0.5) is 0 Å². The quantitative estimate of drug-likeness (QED) is 0.470. The van der Waals surface area contributed by atoms with Crippen LogP contribution in [-0.2, 0) is 9.36 Å². The van der Waals surface area contributed by atoms with Crippen LogP contribution in [0.25, 0.3) is 0 Å². The molecule has 24 heavy (non-hydrogen) atoms. The smallest absolute Gasteiger partial charge is 0.321 e. The van der Waals surface area contributed by atoms with Crippen LogP contribution in [0.5, 0.6) is 0 Å². The summed E-state index contributed by atoms with van der Waals surface area (Å²) in [5.41, 5.74) is 4.05. The van der Waals surface area contributed by atoms with Gasteiger partial charge in [0.05, 0.1) is 0 Å². The normalized spacial score (nSPS) is 27.5. The number of amidine groups is 1. The Morgan fingerprint density at radius 3 is 2.71 bits per heavy atom. The van der Waals surface area contributed by atoms with Crippen LogP contribution in [0.2, 0.25) is 0 Å². The molecule has 0 aromatic heterocycles. The van der Waals surface area contributed by atoms with Crippen molar-refractivity contribution in [3.63, 3.8) is 0 Å². The number of hydrazone groups is 1. The third-order valence-electron chi connectivity index (χ3n) is 4.01. The van der Waals surface area contributed by atoms with E-state index in [2.05, 4.69) is 20.6 Å². The van der Waals surface area contributed by atoms with Crippen LogP contribution in [0.15, 0.2) is 10.1 Å². The number of carboxylic acid groups (broad SMARTS) is 1. The molecule has 136 valence electrons. The van der Waals surface area contributed by atoms with Crippen molar-refractivity contribution < 1.29 is 14.5 Å². The maximum atomic E-state index is 13.3. The van der Waals surface area contributed by atoms with Gasteiger partial charge in [0.15, 0.2) is 5.17 Å². The Kier molecular flexibility index (Phi) is 6.82. The molecule has 0 saturated heterocycles. The number of aliphatic imine (C=N–C) groups is 1. The van der Waals surface area contributed by atoms with E-state index in [1.165, 1.54) is 18.2 Å². The molecule has 10 heteroatoms. The minimum Gasteiger partial charge on any atom is -0.480 e. The van der Waals surface area contributed by atoms with Crippen molar-refractivity contribution >= 4 is 46.5 Å². The maximum Gasteiger partial charge on any atom is 0.321 e. The molecule has 0 amide bonds. The minimum absolute atomic E-state index is 0.348. The molecule has 0 spiro atoms. The fourth-order valence-corrected chi connectivity index (χ4v) is 7.63. The standard InChI is InChI=1S/C14H25N4O3PS2/c1-14(2)15-13(17-16-10-7-5-4-6-8-10)24-22(14,21)18-11(9-23-3)12(19)20/h11H,4-9H2,1-3H3,(H,15,17)(H,18,21)(H,19,20). The lowest BCUT2D eigenvalue weighted by Crippen LogP contribution is -2.39. The second-order valence-corrected chi connectivity index (χ2v) is 12.4. The molecule has 0 aromatic carbocycles. The summed E-state index contributed by atoms with van der Waals surface area (Å²) in [6.07, 6.45) is 7.34. The fourth-order valence-electron chi connectivity index (χ4n) is 2.53. The molecule has 0 aromatic rings. The molecular weight excluding hydrogens is 367 g/mol. The molecule has 3 N–H and O–H groups in total. The van der Waals surface area contributed by atoms with Crippen molar-refractivity contribution in [1.29, 1.82) is 0 Å². The molecule has 1 aliphatic carbocycles. The molecule has 1 heterocycles. The first-order valence-electron chi connectivity index (χ1n) is 7.98. The Bertz CT molecular complexity index is 587. The number of aliphatic carboxylic acids is 1. The number of hydrogen-bond donors (Lipinski definition) is 3. The summed E-state index contributed by atoms with van der Waals surface area (Å²) in [4.78, 5) is 15.8. The van der Waals surface area contributed by atoms with Crippen molar-refractivity contribution in [2.45, 2.75) is 57.3 Å². The van der Waals surface area contributed by atoms with Crippen molar-refractivity contribution in [1.82, 2.24) is 10.5 Å². The van der Waals surface area contributed by atoms with Gasteiger partial charge in [-0.25, -0.2) is 10.1 Å². The predicted molar refractivity (Wildman–Crippen MR) is 103 cm³/mol. The summed E-state index contributed by atoms with van der Waals surface area (Å²) < 4.78 is 13.3. The van der Waals surface area contributed by atoms with Crippen molar-refractivity contribution in [2.24, 2.45) is 10.1 Å². The van der Waals surface area contributed by atoms with Gasteiger partial charge in [-0.2, -0.15) is 16.9 Å². The Morgan fingerprint density at radius 2 is 2.12 bits per heavy atom. The third kappa shape index (κ3) is 4.77. The molecule has 2 rings (SSSR count). The first-order valence-corrected chi connectivity index (χ1v) is 12.5. The zero-order chi connectivity index (χ0) is 17.8. The summed E-state index contributed by atoms with van der Waals surface area (Å²) in [6, 6.07) is -0.864. The van der Waals surface area contributed by atoms with Crippen LogP contribution in [-0.4, -0.2) is 45.3 Å². The van der Waals surface area contributed by atoms with Gasteiger partial charge >= 0.3 is 5.97 Å². The van der Waals surface area contributed by atoms with Gasteiger partial charge in [0.25, 0.3) is 0 Å². The van der Waals surface area contributed by atoms with E-state index in [1.54, 1.807) is 13.8 Å². The number of carbonyl (C=O) groups is 1. The first kappa shape index (κ1) is 19.8. The molecule has 2 aliphatic rings. The van der Waals surface area contributed by atoms with Gasteiger partial charge in [-0.15, -0.1) is 0 Å². The average Bonchev–Trinajstić information content (AvgIpc) is 2.75. The molecule has 0 bridgehead atoms. The summed E-state index contributed by atoms with van der Waals surface area (Å²) in [6.45, 7) is 0.415. The van der Waals surface area contributed by atoms with E-state index < -0.39 is 23.8 Å². The highest BCUT2D eigenvalue weighted by atomic mass is 32.7. The second-order valence-electron chi connectivity index (χ2n) is 6.38. The van der Waals surface area contributed by atoms with E-state index in [-0.39, 0.29) is 0 Å². The summed E-state index contributed by atoms with van der Waals surface area (Å²) in [5, 5.41) is 16.2. The highest BCUT2D eigenvalue weighted by Crippen LogP contribution is 2.69. The van der Waals surface area contributed by atoms with Crippen LogP contribution in [0, 0.1) is 0 Å². The number of thioether (sulfide) groups is 1. The SMILES string of the molecule is CSCC(NP1(=O)SC(NN=C2CCCCC2)=NC1(C)C)C(=O)O. The highest BCUT2D eigenvalue weighted by molar-refractivity contribution is 8.65. The number of nitrogens with zero attached hydrogens (tertiary/aromatic N) is 2. The zero-order valence-corrected chi connectivity index (χ0v) is 16.8. The predicted octanol–water partition coefficient (Wildman–Crippen LogP) is 3.33. The van der Waals surface area contributed by atoms with E-state index in [4.69, 9.17) is 0 Å². The topological polar surface area (TPSA) is 103 Å². The Balaban J connectivity index is 2.05. The highest BCUT2D eigenvalue weighted by Gasteiger charge is 2.49. The number of nitrogens with one attached hydrogen (secondary N) is 2. The monoisotopic (exact) mass is 392 g/mol.